The first-order chi connectivity index (χ1) is 15.6. The second-order valence-electron chi connectivity index (χ2n) is 7.63. The summed E-state index contributed by atoms with van der Waals surface area (Å²) in [6.07, 6.45) is 1.20. The van der Waals surface area contributed by atoms with E-state index in [2.05, 4.69) is 15.7 Å². The highest BCUT2D eigenvalue weighted by atomic mass is 32.1. The molecule has 2 aromatic carbocycles. The highest BCUT2D eigenvalue weighted by Crippen LogP contribution is 2.30. The second-order valence-corrected chi connectivity index (χ2v) is 8.66. The number of nitrogens with one attached hydrogen (secondary N) is 2. The van der Waals surface area contributed by atoms with Crippen molar-refractivity contribution in [3.8, 4) is 11.4 Å². The number of carbonyl (C=O) groups excluding carboxylic acids is 2. The number of amides is 2. The summed E-state index contributed by atoms with van der Waals surface area (Å²) >= 11 is 1.43. The van der Waals surface area contributed by atoms with Crippen LogP contribution < -0.4 is 15.4 Å². The predicted octanol–water partition coefficient (Wildman–Crippen LogP) is 4.09. The van der Waals surface area contributed by atoms with E-state index in [0.29, 0.717) is 30.9 Å². The lowest BCUT2D eigenvalue weighted by molar-refractivity contribution is -0.116. The average molecular weight is 447 g/mol. The molecule has 0 unspecified atom stereocenters. The molecule has 7 nitrogen and oxygen atoms in total. The van der Waals surface area contributed by atoms with Crippen LogP contribution >= 0.6 is 11.3 Å². The van der Waals surface area contributed by atoms with Crippen molar-refractivity contribution in [2.24, 2.45) is 0 Å². The number of para-hydroxylation sites is 1. The highest BCUT2D eigenvalue weighted by Gasteiger charge is 2.17. The van der Waals surface area contributed by atoms with Crippen LogP contribution in [-0.4, -0.2) is 34.7 Å². The second kappa shape index (κ2) is 8.47. The van der Waals surface area contributed by atoms with Crippen LogP contribution in [0, 0.1) is 6.92 Å². The number of hydrogen-bond acceptors (Lipinski definition) is 5. The Bertz CT molecular complexity index is 1310. The molecular weight excluding hydrogens is 424 g/mol. The van der Waals surface area contributed by atoms with E-state index < -0.39 is 0 Å². The molecule has 0 saturated heterocycles. The molecule has 2 amide bonds. The van der Waals surface area contributed by atoms with Crippen molar-refractivity contribution >= 4 is 39.1 Å². The summed E-state index contributed by atoms with van der Waals surface area (Å²) in [5, 5.41) is 11.4. The van der Waals surface area contributed by atoms with E-state index in [1.165, 1.54) is 11.3 Å². The lowest BCUT2D eigenvalue weighted by Gasteiger charge is -2.17. The maximum Gasteiger partial charge on any atom is 0.261 e. The molecule has 2 aromatic heterocycles. The van der Waals surface area contributed by atoms with E-state index in [4.69, 9.17) is 4.74 Å². The number of fused-ring (bicyclic) bond motifs is 2. The number of thiophene rings is 1. The smallest absolute Gasteiger partial charge is 0.261 e. The third-order valence-corrected chi connectivity index (χ3v) is 6.51. The number of anilines is 1. The Morgan fingerprint density at radius 2 is 2.03 bits per heavy atom. The van der Waals surface area contributed by atoms with Gasteiger partial charge in [0.2, 0.25) is 5.91 Å². The predicted molar refractivity (Wildman–Crippen MR) is 125 cm³/mol. The van der Waals surface area contributed by atoms with Gasteiger partial charge in [-0.05, 0) is 55.3 Å². The summed E-state index contributed by atoms with van der Waals surface area (Å²) in [5.74, 6) is 0.651. The molecule has 4 aromatic rings. The Balaban J connectivity index is 1.21. The monoisotopic (exact) mass is 446 g/mol. The van der Waals surface area contributed by atoms with Gasteiger partial charge in [-0.15, -0.1) is 11.3 Å². The van der Waals surface area contributed by atoms with Crippen LogP contribution in [0.4, 0.5) is 5.69 Å². The van der Waals surface area contributed by atoms with Gasteiger partial charge in [-0.1, -0.05) is 18.2 Å². The van der Waals surface area contributed by atoms with Gasteiger partial charge in [-0.3, -0.25) is 9.59 Å². The standard InChI is InChI=1S/C24H22N4O3S/c1-15-19-14-21(32-24(19)28(27-15)17-5-3-2-4-6-17)23(30)25-11-12-31-18-8-9-20-16(13-18)7-10-22(29)26-20/h2-6,8-9,13-14H,7,10-12H2,1H3,(H,25,30)(H,26,29). The molecule has 0 bridgehead atoms. The largest absolute Gasteiger partial charge is 0.492 e. The summed E-state index contributed by atoms with van der Waals surface area (Å²) in [7, 11) is 0. The molecule has 0 aliphatic carbocycles. The van der Waals surface area contributed by atoms with E-state index in [1.54, 1.807) is 0 Å². The molecule has 8 heteroatoms. The molecule has 0 spiro atoms. The summed E-state index contributed by atoms with van der Waals surface area (Å²) in [4.78, 5) is 25.7. The Labute approximate surface area is 189 Å². The first kappa shape index (κ1) is 20.3. The molecule has 0 atom stereocenters. The number of rotatable bonds is 6. The van der Waals surface area contributed by atoms with Crippen LogP contribution in [0.5, 0.6) is 5.75 Å². The van der Waals surface area contributed by atoms with Gasteiger partial charge in [0.25, 0.3) is 5.91 Å². The summed E-state index contributed by atoms with van der Waals surface area (Å²) in [5.41, 5.74) is 3.78. The van der Waals surface area contributed by atoms with Gasteiger partial charge >= 0.3 is 0 Å². The minimum atomic E-state index is -0.123. The van der Waals surface area contributed by atoms with E-state index >= 15 is 0 Å². The molecule has 162 valence electrons. The molecular formula is C24H22N4O3S. The van der Waals surface area contributed by atoms with Gasteiger partial charge in [0, 0.05) is 17.5 Å². The summed E-state index contributed by atoms with van der Waals surface area (Å²) in [6.45, 7) is 2.71. The fourth-order valence-corrected chi connectivity index (χ4v) is 4.87. The zero-order valence-corrected chi connectivity index (χ0v) is 18.4. The van der Waals surface area contributed by atoms with Crippen molar-refractivity contribution in [1.82, 2.24) is 15.1 Å². The van der Waals surface area contributed by atoms with Gasteiger partial charge in [0.05, 0.1) is 22.8 Å². The molecule has 2 N–H and O–H groups in total. The van der Waals surface area contributed by atoms with Crippen LogP contribution in [0.15, 0.2) is 54.6 Å². The van der Waals surface area contributed by atoms with Gasteiger partial charge in [-0.25, -0.2) is 4.68 Å². The lowest BCUT2D eigenvalue weighted by Crippen LogP contribution is -2.27. The number of hydrogen-bond donors (Lipinski definition) is 2. The SMILES string of the molecule is Cc1nn(-c2ccccc2)c2sc(C(=O)NCCOc3ccc4c(c3)CCC(=O)N4)cc12. The van der Waals surface area contributed by atoms with Gasteiger partial charge in [0.1, 0.15) is 17.2 Å². The van der Waals surface area contributed by atoms with E-state index in [9.17, 15) is 9.59 Å². The van der Waals surface area contributed by atoms with Crippen LogP contribution in [-0.2, 0) is 11.2 Å². The number of carbonyl (C=O) groups is 2. The molecule has 1 aliphatic rings. The molecule has 3 heterocycles. The number of benzene rings is 2. The molecule has 0 fully saturated rings. The third kappa shape index (κ3) is 3.97. The van der Waals surface area contributed by atoms with Crippen molar-refractivity contribution in [2.45, 2.75) is 19.8 Å². The fourth-order valence-electron chi connectivity index (χ4n) is 3.77. The number of aromatic nitrogens is 2. The van der Waals surface area contributed by atoms with E-state index in [0.717, 1.165) is 38.6 Å². The van der Waals surface area contributed by atoms with Gasteiger partial charge in [0.15, 0.2) is 0 Å². The van der Waals surface area contributed by atoms with Crippen molar-refractivity contribution in [1.29, 1.82) is 0 Å². The zero-order chi connectivity index (χ0) is 22.1. The maximum atomic E-state index is 12.7. The average Bonchev–Trinajstić information content (AvgIpc) is 3.38. The Hall–Kier alpha value is -3.65. The molecule has 0 radical (unpaired) electrons. The summed E-state index contributed by atoms with van der Waals surface area (Å²) in [6, 6.07) is 17.4. The van der Waals surface area contributed by atoms with E-state index in [1.807, 2.05) is 66.2 Å². The minimum absolute atomic E-state index is 0.0433. The van der Waals surface area contributed by atoms with Crippen molar-refractivity contribution < 1.29 is 14.3 Å². The first-order valence-electron chi connectivity index (χ1n) is 10.5. The topological polar surface area (TPSA) is 85.2 Å². The van der Waals surface area contributed by atoms with Crippen molar-refractivity contribution in [3.63, 3.8) is 0 Å². The number of aryl methyl sites for hydroxylation is 2. The first-order valence-corrected chi connectivity index (χ1v) is 11.3. The molecule has 0 saturated carbocycles. The Morgan fingerprint density at radius 1 is 1.19 bits per heavy atom. The van der Waals surface area contributed by atoms with Crippen molar-refractivity contribution in [2.75, 3.05) is 18.5 Å². The Kier molecular flexibility index (Phi) is 5.36. The number of nitrogens with zero attached hydrogens (tertiary/aromatic N) is 2. The third-order valence-electron chi connectivity index (χ3n) is 5.40. The lowest BCUT2D eigenvalue weighted by atomic mass is 10.0. The minimum Gasteiger partial charge on any atom is -0.492 e. The maximum absolute atomic E-state index is 12.7. The van der Waals surface area contributed by atoms with Crippen LogP contribution in [0.3, 0.4) is 0 Å². The normalized spacial score (nSPS) is 13.0. The van der Waals surface area contributed by atoms with Crippen LogP contribution in [0.1, 0.15) is 27.3 Å². The molecule has 32 heavy (non-hydrogen) atoms. The number of ether oxygens (including phenoxy) is 1. The van der Waals surface area contributed by atoms with Crippen LogP contribution in [0.25, 0.3) is 15.9 Å². The van der Waals surface area contributed by atoms with Crippen molar-refractivity contribution in [3.05, 3.63) is 70.7 Å². The molecule has 1 aliphatic heterocycles. The fraction of sp³-hybridized carbons (Fsp3) is 0.208. The summed E-state index contributed by atoms with van der Waals surface area (Å²) < 4.78 is 7.67. The molecule has 5 rings (SSSR count). The quantitative estimate of drug-likeness (QED) is 0.437. The van der Waals surface area contributed by atoms with Crippen LogP contribution in [0.2, 0.25) is 0 Å². The van der Waals surface area contributed by atoms with E-state index in [-0.39, 0.29) is 11.8 Å². The van der Waals surface area contributed by atoms with Gasteiger partial charge in [-0.2, -0.15) is 5.10 Å². The highest BCUT2D eigenvalue weighted by molar-refractivity contribution is 7.20. The Morgan fingerprint density at radius 3 is 2.88 bits per heavy atom. The van der Waals surface area contributed by atoms with Gasteiger partial charge < -0.3 is 15.4 Å². The zero-order valence-electron chi connectivity index (χ0n) is 17.6.